The Balaban J connectivity index is 1.50. The van der Waals surface area contributed by atoms with E-state index in [-0.39, 0.29) is 23.9 Å². The molecule has 1 aromatic carbocycles. The highest BCUT2D eigenvalue weighted by Crippen LogP contribution is 2.23. The third kappa shape index (κ3) is 4.02. The molecule has 3 heterocycles. The number of carbonyl (C=O) groups excluding carboxylic acids is 3. The molecule has 2 aliphatic heterocycles. The zero-order valence-electron chi connectivity index (χ0n) is 17.4. The number of hydrogen-bond donors (Lipinski definition) is 3. The SMILES string of the molecule is CC(=O)N1CCc2[nH]nc(C(=O)Nc3cccc(C#C[C@]4(O)CCN(C)C4=O)c3)c2C1. The molecule has 9 nitrogen and oxygen atoms in total. The Kier molecular flexibility index (Phi) is 5.25. The molecule has 9 heteroatoms. The first-order valence-electron chi connectivity index (χ1n) is 10.0. The summed E-state index contributed by atoms with van der Waals surface area (Å²) in [6.07, 6.45) is 0.879. The van der Waals surface area contributed by atoms with Crippen molar-refractivity contribution in [1.82, 2.24) is 20.0 Å². The van der Waals surface area contributed by atoms with Crippen LogP contribution in [0.15, 0.2) is 24.3 Å². The van der Waals surface area contributed by atoms with Crippen LogP contribution in [-0.2, 0) is 22.6 Å². The Morgan fingerprint density at radius 1 is 1.32 bits per heavy atom. The second kappa shape index (κ2) is 7.89. The standard InChI is InChI=1S/C22H23N5O4/c1-14(28)27-10-7-18-17(13-27)19(25-24-18)20(29)23-16-5-3-4-15(12-16)6-8-22(31)9-11-26(2)21(22)30/h3-5,12,31H,7,9-11,13H2,1-2H3,(H,23,29)(H,24,25)/t22-/m0/s1. The van der Waals surface area contributed by atoms with Crippen molar-refractivity contribution < 1.29 is 19.5 Å². The molecule has 4 rings (SSSR count). The summed E-state index contributed by atoms with van der Waals surface area (Å²) < 4.78 is 0. The van der Waals surface area contributed by atoms with Gasteiger partial charge >= 0.3 is 0 Å². The third-order valence-electron chi connectivity index (χ3n) is 5.64. The van der Waals surface area contributed by atoms with Gasteiger partial charge in [-0.3, -0.25) is 19.5 Å². The van der Waals surface area contributed by atoms with E-state index in [0.29, 0.717) is 37.3 Å². The van der Waals surface area contributed by atoms with Crippen LogP contribution < -0.4 is 5.32 Å². The number of fused-ring (bicyclic) bond motifs is 1. The molecule has 0 unspecified atom stereocenters. The summed E-state index contributed by atoms with van der Waals surface area (Å²) in [5.74, 6) is 4.65. The third-order valence-corrected chi connectivity index (χ3v) is 5.64. The lowest BCUT2D eigenvalue weighted by atomic mass is 10.0. The van der Waals surface area contributed by atoms with Gasteiger partial charge in [0.1, 0.15) is 0 Å². The van der Waals surface area contributed by atoms with E-state index in [1.165, 1.54) is 11.8 Å². The van der Waals surface area contributed by atoms with E-state index in [2.05, 4.69) is 27.4 Å². The molecule has 0 aliphatic carbocycles. The number of rotatable bonds is 2. The maximum atomic E-state index is 12.8. The molecule has 2 aliphatic rings. The number of aromatic nitrogens is 2. The van der Waals surface area contributed by atoms with Crippen molar-refractivity contribution in [2.75, 3.05) is 25.5 Å². The van der Waals surface area contributed by atoms with Crippen LogP contribution in [0.4, 0.5) is 5.69 Å². The molecule has 1 aromatic heterocycles. The van der Waals surface area contributed by atoms with Gasteiger partial charge in [0, 0.05) is 69.0 Å². The summed E-state index contributed by atoms with van der Waals surface area (Å²) in [4.78, 5) is 39.7. The van der Waals surface area contributed by atoms with E-state index in [9.17, 15) is 19.5 Å². The fraction of sp³-hybridized carbons (Fsp3) is 0.364. The van der Waals surface area contributed by atoms with Crippen molar-refractivity contribution in [3.05, 3.63) is 46.8 Å². The van der Waals surface area contributed by atoms with Crippen molar-refractivity contribution in [3.63, 3.8) is 0 Å². The Hall–Kier alpha value is -3.64. The van der Waals surface area contributed by atoms with Crippen molar-refractivity contribution in [2.24, 2.45) is 0 Å². The van der Waals surface area contributed by atoms with Gasteiger partial charge in [0.15, 0.2) is 5.69 Å². The van der Waals surface area contributed by atoms with E-state index in [4.69, 9.17) is 0 Å². The van der Waals surface area contributed by atoms with Crippen LogP contribution in [0, 0.1) is 11.8 Å². The number of H-pyrrole nitrogens is 1. The minimum absolute atomic E-state index is 0.0434. The normalized spacial score (nSPS) is 20.2. The average molecular weight is 421 g/mol. The summed E-state index contributed by atoms with van der Waals surface area (Å²) in [6, 6.07) is 6.84. The summed E-state index contributed by atoms with van der Waals surface area (Å²) >= 11 is 0. The highest BCUT2D eigenvalue weighted by Gasteiger charge is 2.42. The first-order valence-corrected chi connectivity index (χ1v) is 10.0. The van der Waals surface area contributed by atoms with E-state index in [1.807, 2.05) is 0 Å². The Bertz CT molecular complexity index is 1130. The van der Waals surface area contributed by atoms with Gasteiger partial charge in [-0.2, -0.15) is 5.10 Å². The fourth-order valence-electron chi connectivity index (χ4n) is 3.76. The second-order valence-electron chi connectivity index (χ2n) is 7.84. The predicted octanol–water partition coefficient (Wildman–Crippen LogP) is 0.511. The monoisotopic (exact) mass is 421 g/mol. The molecule has 0 spiro atoms. The van der Waals surface area contributed by atoms with Crippen molar-refractivity contribution in [1.29, 1.82) is 0 Å². The quantitative estimate of drug-likeness (QED) is 0.611. The number of amides is 3. The lowest BCUT2D eigenvalue weighted by molar-refractivity contribution is -0.137. The van der Waals surface area contributed by atoms with Crippen molar-refractivity contribution >= 4 is 23.4 Å². The number of likely N-dealkylation sites (tertiary alicyclic amines) is 1. The van der Waals surface area contributed by atoms with Gasteiger partial charge < -0.3 is 20.2 Å². The molecule has 0 radical (unpaired) electrons. The number of anilines is 1. The van der Waals surface area contributed by atoms with Gasteiger partial charge in [0.05, 0.1) is 0 Å². The lowest BCUT2D eigenvalue weighted by Crippen LogP contribution is -2.37. The smallest absolute Gasteiger partial charge is 0.276 e. The average Bonchev–Trinajstić information content (AvgIpc) is 3.29. The summed E-state index contributed by atoms with van der Waals surface area (Å²) in [7, 11) is 1.63. The fourth-order valence-corrected chi connectivity index (χ4v) is 3.76. The maximum Gasteiger partial charge on any atom is 0.276 e. The van der Waals surface area contributed by atoms with Crippen LogP contribution in [-0.4, -0.2) is 68.6 Å². The van der Waals surface area contributed by atoms with Gasteiger partial charge in [-0.15, -0.1) is 0 Å². The number of nitrogens with zero attached hydrogens (tertiary/aromatic N) is 3. The first-order chi connectivity index (χ1) is 14.8. The summed E-state index contributed by atoms with van der Waals surface area (Å²) in [5, 5.41) is 20.3. The largest absolute Gasteiger partial charge is 0.369 e. The topological polar surface area (TPSA) is 119 Å². The van der Waals surface area contributed by atoms with Crippen LogP contribution in [0.1, 0.15) is 40.7 Å². The molecule has 3 amide bonds. The molecule has 1 fully saturated rings. The molecule has 160 valence electrons. The predicted molar refractivity (Wildman–Crippen MR) is 112 cm³/mol. The molecular weight excluding hydrogens is 398 g/mol. The summed E-state index contributed by atoms with van der Waals surface area (Å²) in [5.41, 5.74) is 1.23. The van der Waals surface area contributed by atoms with E-state index < -0.39 is 11.5 Å². The Morgan fingerprint density at radius 3 is 2.84 bits per heavy atom. The van der Waals surface area contributed by atoms with E-state index in [1.54, 1.807) is 36.2 Å². The maximum absolute atomic E-state index is 12.8. The number of nitrogens with one attached hydrogen (secondary N) is 2. The minimum Gasteiger partial charge on any atom is -0.369 e. The number of aromatic amines is 1. The van der Waals surface area contributed by atoms with Gasteiger partial charge in [0.2, 0.25) is 11.5 Å². The van der Waals surface area contributed by atoms with Gasteiger partial charge in [-0.1, -0.05) is 17.9 Å². The van der Waals surface area contributed by atoms with Gasteiger partial charge in [-0.05, 0) is 18.2 Å². The highest BCUT2D eigenvalue weighted by molar-refractivity contribution is 6.04. The van der Waals surface area contributed by atoms with Crippen LogP contribution in [0.2, 0.25) is 0 Å². The van der Waals surface area contributed by atoms with Crippen LogP contribution in [0.3, 0.4) is 0 Å². The zero-order valence-corrected chi connectivity index (χ0v) is 17.4. The van der Waals surface area contributed by atoms with Crippen molar-refractivity contribution in [2.45, 2.75) is 31.9 Å². The molecule has 1 atom stereocenters. The number of benzene rings is 1. The molecule has 1 saturated heterocycles. The highest BCUT2D eigenvalue weighted by atomic mass is 16.3. The molecule has 3 N–H and O–H groups in total. The Morgan fingerprint density at radius 2 is 2.13 bits per heavy atom. The molecule has 31 heavy (non-hydrogen) atoms. The Labute approximate surface area is 179 Å². The molecule has 0 saturated carbocycles. The minimum atomic E-state index is -1.68. The number of hydrogen-bond acceptors (Lipinski definition) is 5. The lowest BCUT2D eigenvalue weighted by Gasteiger charge is -2.25. The van der Waals surface area contributed by atoms with Crippen LogP contribution in [0.25, 0.3) is 0 Å². The molecule has 2 aromatic rings. The van der Waals surface area contributed by atoms with Gasteiger partial charge in [0.25, 0.3) is 11.8 Å². The second-order valence-corrected chi connectivity index (χ2v) is 7.84. The molecule has 0 bridgehead atoms. The summed E-state index contributed by atoms with van der Waals surface area (Å²) in [6.45, 7) is 2.90. The van der Waals surface area contributed by atoms with E-state index >= 15 is 0 Å². The first kappa shape index (κ1) is 20.6. The zero-order chi connectivity index (χ0) is 22.2. The van der Waals surface area contributed by atoms with Crippen LogP contribution in [0.5, 0.6) is 0 Å². The molecular formula is C22H23N5O4. The number of likely N-dealkylation sites (N-methyl/N-ethyl adjacent to an activating group) is 1. The number of carbonyl (C=O) groups is 3. The number of aliphatic hydroxyl groups is 1. The van der Waals surface area contributed by atoms with Gasteiger partial charge in [-0.25, -0.2) is 0 Å². The van der Waals surface area contributed by atoms with Crippen molar-refractivity contribution in [3.8, 4) is 11.8 Å². The van der Waals surface area contributed by atoms with Crippen LogP contribution >= 0.6 is 0 Å². The van der Waals surface area contributed by atoms with E-state index in [0.717, 1.165) is 11.3 Å².